The van der Waals surface area contributed by atoms with Crippen LogP contribution in [-0.4, -0.2) is 44.3 Å². The van der Waals surface area contributed by atoms with Crippen molar-refractivity contribution in [1.82, 2.24) is 10.2 Å². The van der Waals surface area contributed by atoms with E-state index in [4.69, 9.17) is 11.6 Å². The van der Waals surface area contributed by atoms with Crippen molar-refractivity contribution >= 4 is 39.1 Å². The maximum atomic E-state index is 14.4. The summed E-state index contributed by atoms with van der Waals surface area (Å²) in [6, 6.07) is 25.2. The largest absolute Gasteiger partial charge is 0.417 e. The molecule has 0 bridgehead atoms. The lowest BCUT2D eigenvalue weighted by Gasteiger charge is -2.34. The molecule has 4 aromatic rings. The van der Waals surface area contributed by atoms with Crippen LogP contribution in [0.3, 0.4) is 0 Å². The number of nitrogens with one attached hydrogen (secondary N) is 1. The summed E-state index contributed by atoms with van der Waals surface area (Å²) >= 11 is 5.87. The molecule has 0 aliphatic carbocycles. The molecule has 0 radical (unpaired) electrons. The maximum Gasteiger partial charge on any atom is 0.417 e. The monoisotopic (exact) mass is 685 g/mol. The van der Waals surface area contributed by atoms with Crippen LogP contribution in [0.2, 0.25) is 5.02 Å². The second-order valence-electron chi connectivity index (χ2n) is 11.0. The van der Waals surface area contributed by atoms with Crippen molar-refractivity contribution in [2.45, 2.75) is 50.3 Å². The number of hydrogen-bond donors (Lipinski definition) is 1. The Kier molecular flexibility index (Phi) is 11.7. The minimum atomic E-state index is -4.89. The van der Waals surface area contributed by atoms with Crippen molar-refractivity contribution in [3.05, 3.63) is 130 Å². The molecule has 7 nitrogen and oxygen atoms in total. The number of rotatable bonds is 13. The van der Waals surface area contributed by atoms with Gasteiger partial charge in [0.05, 0.1) is 21.2 Å². The van der Waals surface area contributed by atoms with E-state index in [2.05, 4.69) is 5.32 Å². The highest BCUT2D eigenvalue weighted by atomic mass is 35.5. The lowest BCUT2D eigenvalue weighted by Crippen LogP contribution is -2.53. The first-order chi connectivity index (χ1) is 22.3. The van der Waals surface area contributed by atoms with Crippen molar-refractivity contribution in [2.24, 2.45) is 0 Å². The molecule has 0 spiro atoms. The number of carbonyl (C=O) groups excluding carboxylic acids is 2. The standard InChI is InChI=1S/C35H35ClF3N3O4S/c1-3-20-40-34(44)32(21-26-10-6-4-7-11-26)41(23-27-12-8-5-9-13-27)33(43)24-42(47(45,46)29-17-14-25(2)15-18-29)28-16-19-31(36)30(22-28)35(37,38)39/h4-19,22,32H,3,20-21,23-24H2,1-2H3,(H,40,44). The van der Waals surface area contributed by atoms with Crippen LogP contribution in [0.5, 0.6) is 0 Å². The molecule has 4 aromatic carbocycles. The van der Waals surface area contributed by atoms with E-state index in [1.165, 1.54) is 17.0 Å². The Labute approximate surface area is 278 Å². The maximum absolute atomic E-state index is 14.4. The zero-order valence-corrected chi connectivity index (χ0v) is 27.4. The Morgan fingerprint density at radius 2 is 1.47 bits per heavy atom. The molecule has 1 N–H and O–H groups in total. The number of hydrogen-bond acceptors (Lipinski definition) is 4. The Balaban J connectivity index is 1.84. The number of carbonyl (C=O) groups is 2. The average molecular weight is 686 g/mol. The Hall–Kier alpha value is -4.35. The molecule has 1 unspecified atom stereocenters. The van der Waals surface area contributed by atoms with Gasteiger partial charge in [-0.3, -0.25) is 13.9 Å². The molecule has 0 aromatic heterocycles. The van der Waals surface area contributed by atoms with Gasteiger partial charge in [-0.25, -0.2) is 8.42 Å². The van der Waals surface area contributed by atoms with E-state index in [0.717, 1.165) is 23.3 Å². The highest BCUT2D eigenvalue weighted by molar-refractivity contribution is 7.92. The summed E-state index contributed by atoms with van der Waals surface area (Å²) in [5.41, 5.74) is 0.515. The molecule has 0 saturated heterocycles. The highest BCUT2D eigenvalue weighted by Crippen LogP contribution is 2.38. The number of alkyl halides is 3. The SMILES string of the molecule is CCCNC(=O)C(Cc1ccccc1)N(Cc1ccccc1)C(=O)CN(c1ccc(Cl)c(C(F)(F)F)c1)S(=O)(=O)c1ccc(C)cc1. The van der Waals surface area contributed by atoms with Gasteiger partial charge >= 0.3 is 6.18 Å². The number of aryl methyl sites for hydroxylation is 1. The molecule has 0 aliphatic heterocycles. The van der Waals surface area contributed by atoms with Crippen molar-refractivity contribution in [3.63, 3.8) is 0 Å². The van der Waals surface area contributed by atoms with Crippen LogP contribution in [0.25, 0.3) is 0 Å². The molecule has 0 fully saturated rings. The van der Waals surface area contributed by atoms with Gasteiger partial charge in [-0.2, -0.15) is 13.2 Å². The van der Waals surface area contributed by atoms with Crippen LogP contribution in [0.1, 0.15) is 35.6 Å². The first-order valence-electron chi connectivity index (χ1n) is 14.9. The molecule has 0 saturated carbocycles. The number of anilines is 1. The minimum Gasteiger partial charge on any atom is -0.354 e. The second kappa shape index (κ2) is 15.5. The summed E-state index contributed by atoms with van der Waals surface area (Å²) in [5, 5.41) is 2.22. The lowest BCUT2D eigenvalue weighted by molar-refractivity contribution is -0.140. The van der Waals surface area contributed by atoms with E-state index in [1.54, 1.807) is 61.5 Å². The molecule has 1 atom stereocenters. The third-order valence-corrected chi connectivity index (χ3v) is 9.56. The third kappa shape index (κ3) is 9.14. The van der Waals surface area contributed by atoms with Crippen LogP contribution >= 0.6 is 11.6 Å². The van der Waals surface area contributed by atoms with E-state index < -0.39 is 56.9 Å². The summed E-state index contributed by atoms with van der Waals surface area (Å²) in [5.74, 6) is -1.24. The fourth-order valence-electron chi connectivity index (χ4n) is 4.95. The predicted octanol–water partition coefficient (Wildman–Crippen LogP) is 7.03. The smallest absolute Gasteiger partial charge is 0.354 e. The second-order valence-corrected chi connectivity index (χ2v) is 13.3. The van der Waals surface area contributed by atoms with Gasteiger partial charge in [0.2, 0.25) is 11.8 Å². The fraction of sp³-hybridized carbons (Fsp3) is 0.257. The molecule has 248 valence electrons. The van der Waals surface area contributed by atoms with Crippen molar-refractivity contribution in [1.29, 1.82) is 0 Å². The summed E-state index contributed by atoms with van der Waals surface area (Å²) in [7, 11) is -4.59. The minimum absolute atomic E-state index is 0.0659. The van der Waals surface area contributed by atoms with Crippen LogP contribution < -0.4 is 9.62 Å². The van der Waals surface area contributed by atoms with Crippen LogP contribution in [0, 0.1) is 6.92 Å². The van der Waals surface area contributed by atoms with Crippen molar-refractivity contribution in [3.8, 4) is 0 Å². The molecule has 12 heteroatoms. The molecule has 2 amide bonds. The molecular formula is C35H35ClF3N3O4S. The summed E-state index contributed by atoms with van der Waals surface area (Å²) in [4.78, 5) is 29.1. The van der Waals surface area contributed by atoms with Gasteiger partial charge in [-0.05, 0) is 54.8 Å². The number of nitrogens with zero attached hydrogens (tertiary/aromatic N) is 2. The molecule has 0 aliphatic rings. The Morgan fingerprint density at radius 1 is 0.872 bits per heavy atom. The van der Waals surface area contributed by atoms with Gasteiger partial charge in [0.1, 0.15) is 12.6 Å². The summed E-state index contributed by atoms with van der Waals surface area (Å²) in [6.45, 7) is 3.02. The summed E-state index contributed by atoms with van der Waals surface area (Å²) < 4.78 is 70.6. The van der Waals surface area contributed by atoms with Gasteiger partial charge in [-0.1, -0.05) is 96.9 Å². The van der Waals surface area contributed by atoms with Crippen LogP contribution in [-0.2, 0) is 38.8 Å². The Morgan fingerprint density at radius 3 is 2.04 bits per heavy atom. The first kappa shape index (κ1) is 35.5. The van der Waals surface area contributed by atoms with Crippen LogP contribution in [0.15, 0.2) is 108 Å². The van der Waals surface area contributed by atoms with E-state index in [1.807, 2.05) is 25.1 Å². The molecule has 47 heavy (non-hydrogen) atoms. The topological polar surface area (TPSA) is 86.8 Å². The van der Waals surface area contributed by atoms with E-state index >= 15 is 0 Å². The Bertz CT molecular complexity index is 1770. The van der Waals surface area contributed by atoms with Gasteiger partial charge in [-0.15, -0.1) is 0 Å². The number of amides is 2. The zero-order valence-electron chi connectivity index (χ0n) is 25.9. The normalized spacial score (nSPS) is 12.3. The quantitative estimate of drug-likeness (QED) is 0.164. The lowest BCUT2D eigenvalue weighted by atomic mass is 10.0. The van der Waals surface area contributed by atoms with E-state index in [0.29, 0.717) is 28.9 Å². The van der Waals surface area contributed by atoms with Crippen molar-refractivity contribution < 1.29 is 31.2 Å². The van der Waals surface area contributed by atoms with E-state index in [-0.39, 0.29) is 17.9 Å². The van der Waals surface area contributed by atoms with Gasteiger partial charge in [0.25, 0.3) is 10.0 Å². The number of halogens is 4. The molecular weight excluding hydrogens is 651 g/mol. The average Bonchev–Trinajstić information content (AvgIpc) is 3.05. The first-order valence-corrected chi connectivity index (χ1v) is 16.7. The van der Waals surface area contributed by atoms with Gasteiger partial charge in [0, 0.05) is 19.5 Å². The number of sulfonamides is 1. The molecule has 0 heterocycles. The summed E-state index contributed by atoms with van der Waals surface area (Å²) in [6.07, 6.45) is -4.15. The third-order valence-electron chi connectivity index (χ3n) is 7.45. The molecule has 4 rings (SSSR count). The fourth-order valence-corrected chi connectivity index (χ4v) is 6.58. The predicted molar refractivity (Wildman–Crippen MR) is 176 cm³/mol. The van der Waals surface area contributed by atoms with Gasteiger partial charge < -0.3 is 10.2 Å². The highest BCUT2D eigenvalue weighted by Gasteiger charge is 2.37. The van der Waals surface area contributed by atoms with Crippen LogP contribution in [0.4, 0.5) is 18.9 Å². The zero-order chi connectivity index (χ0) is 34.2. The van der Waals surface area contributed by atoms with E-state index in [9.17, 15) is 31.2 Å². The van der Waals surface area contributed by atoms with Gasteiger partial charge in [0.15, 0.2) is 0 Å². The number of benzene rings is 4. The van der Waals surface area contributed by atoms with Crippen molar-refractivity contribution in [2.75, 3.05) is 17.4 Å².